The van der Waals surface area contributed by atoms with Crippen molar-refractivity contribution in [2.24, 2.45) is 5.92 Å². The van der Waals surface area contributed by atoms with Gasteiger partial charge in [-0.2, -0.15) is 5.10 Å². The van der Waals surface area contributed by atoms with Crippen molar-refractivity contribution in [2.45, 2.75) is 58.1 Å². The van der Waals surface area contributed by atoms with Crippen LogP contribution in [0.3, 0.4) is 0 Å². The van der Waals surface area contributed by atoms with Gasteiger partial charge in [0.2, 0.25) is 5.91 Å². The van der Waals surface area contributed by atoms with Gasteiger partial charge < -0.3 is 15.7 Å². The van der Waals surface area contributed by atoms with E-state index in [1.807, 2.05) is 6.92 Å². The van der Waals surface area contributed by atoms with Crippen LogP contribution in [-0.4, -0.2) is 37.6 Å². The first-order valence-corrected chi connectivity index (χ1v) is 11.6. The molecule has 34 heavy (non-hydrogen) atoms. The number of halogens is 2. The first-order chi connectivity index (χ1) is 16.0. The number of hydrogen-bond donors (Lipinski definition) is 3. The molecule has 1 saturated carbocycles. The second-order valence-electron chi connectivity index (χ2n) is 9.25. The molecule has 0 atom stereocenters. The molecule has 4 rings (SSSR count). The van der Waals surface area contributed by atoms with Gasteiger partial charge >= 0.3 is 0 Å². The number of benzene rings is 1. The van der Waals surface area contributed by atoms with Gasteiger partial charge in [-0.25, -0.2) is 13.9 Å². The van der Waals surface area contributed by atoms with E-state index in [4.69, 9.17) is 11.6 Å². The summed E-state index contributed by atoms with van der Waals surface area (Å²) in [6, 6.07) is 3.78. The summed E-state index contributed by atoms with van der Waals surface area (Å²) in [5, 5.41) is 20.6. The molecule has 3 N–H and O–H groups in total. The molecular formula is C24H27ClFN5O3. The molecule has 0 spiro atoms. The van der Waals surface area contributed by atoms with Gasteiger partial charge in [-0.3, -0.25) is 9.59 Å². The van der Waals surface area contributed by atoms with Gasteiger partial charge in [0.25, 0.3) is 5.91 Å². The number of aryl methyl sites for hydroxylation is 1. The van der Waals surface area contributed by atoms with E-state index in [0.717, 1.165) is 6.07 Å². The molecular weight excluding hydrogens is 461 g/mol. The van der Waals surface area contributed by atoms with E-state index < -0.39 is 11.4 Å². The fourth-order valence-electron chi connectivity index (χ4n) is 4.39. The lowest BCUT2D eigenvalue weighted by Gasteiger charge is -2.28. The molecule has 1 fully saturated rings. The summed E-state index contributed by atoms with van der Waals surface area (Å²) in [4.78, 5) is 29.9. The molecule has 10 heteroatoms. The van der Waals surface area contributed by atoms with Crippen LogP contribution in [0.4, 0.5) is 10.1 Å². The van der Waals surface area contributed by atoms with Crippen LogP contribution in [0, 0.1) is 18.7 Å². The summed E-state index contributed by atoms with van der Waals surface area (Å²) in [5.74, 6) is -1.11. The quantitative estimate of drug-likeness (QED) is 0.504. The minimum Gasteiger partial charge on any atom is -0.386 e. The number of anilines is 1. The molecule has 2 amide bonds. The van der Waals surface area contributed by atoms with Gasteiger partial charge in [-0.15, -0.1) is 0 Å². The summed E-state index contributed by atoms with van der Waals surface area (Å²) in [6.07, 6.45) is 5.56. The van der Waals surface area contributed by atoms with Crippen LogP contribution in [0.25, 0.3) is 5.65 Å². The standard InChI is InChI=1S/C24H27ClFN5O3/c1-13-18(24(2,3)34)12-27-21-17(11-28-31(13)21)23(33)29-16-7-4-14(5-8-16)22(32)30-20-9-6-15(26)10-19(20)25/h6,9-12,14,16,34H,4-5,7-8H2,1-3H3,(H,29,33)(H,30,32)/t14-,16-. The maximum absolute atomic E-state index is 13.2. The zero-order valence-corrected chi connectivity index (χ0v) is 20.0. The minimum absolute atomic E-state index is 0.0716. The fourth-order valence-corrected chi connectivity index (χ4v) is 4.61. The molecule has 3 aromatic rings. The van der Waals surface area contributed by atoms with E-state index in [1.54, 1.807) is 24.6 Å². The molecule has 1 aromatic carbocycles. The van der Waals surface area contributed by atoms with Crippen molar-refractivity contribution in [2.75, 3.05) is 5.32 Å². The van der Waals surface area contributed by atoms with Crippen molar-refractivity contribution in [3.05, 3.63) is 58.3 Å². The van der Waals surface area contributed by atoms with Crippen LogP contribution >= 0.6 is 11.6 Å². The van der Waals surface area contributed by atoms with Crippen molar-refractivity contribution in [3.8, 4) is 0 Å². The predicted octanol–water partition coefficient (Wildman–Crippen LogP) is 3.98. The van der Waals surface area contributed by atoms with Gasteiger partial charge in [0.05, 0.1) is 22.5 Å². The summed E-state index contributed by atoms with van der Waals surface area (Å²) in [5.41, 5.74) is 1.43. The predicted molar refractivity (Wildman–Crippen MR) is 126 cm³/mol. The van der Waals surface area contributed by atoms with Crippen molar-refractivity contribution < 1.29 is 19.1 Å². The smallest absolute Gasteiger partial charge is 0.256 e. The number of hydrogen-bond acceptors (Lipinski definition) is 5. The molecule has 0 aliphatic heterocycles. The molecule has 2 aromatic heterocycles. The molecule has 0 radical (unpaired) electrons. The van der Waals surface area contributed by atoms with Crippen LogP contribution in [0.5, 0.6) is 0 Å². The topological polar surface area (TPSA) is 109 Å². The van der Waals surface area contributed by atoms with E-state index in [-0.39, 0.29) is 28.8 Å². The zero-order chi connectivity index (χ0) is 24.6. The summed E-state index contributed by atoms with van der Waals surface area (Å²) >= 11 is 6.00. The lowest BCUT2D eigenvalue weighted by atomic mass is 9.85. The molecule has 0 saturated heterocycles. The Morgan fingerprint density at radius 2 is 1.91 bits per heavy atom. The minimum atomic E-state index is -1.08. The normalized spacial score (nSPS) is 18.6. The van der Waals surface area contributed by atoms with Crippen molar-refractivity contribution in [1.82, 2.24) is 19.9 Å². The Labute approximate surface area is 201 Å². The highest BCUT2D eigenvalue weighted by Gasteiger charge is 2.29. The van der Waals surface area contributed by atoms with Gasteiger partial charge in [0.1, 0.15) is 11.4 Å². The average molecular weight is 488 g/mol. The SMILES string of the molecule is Cc1c(C(C)(C)O)cnc2c(C(=O)N[C@H]3CC[C@H](C(=O)Nc4ccc(F)cc4Cl)CC3)cnn12. The number of nitrogens with zero attached hydrogens (tertiary/aromatic N) is 3. The average Bonchev–Trinajstić information content (AvgIpc) is 3.21. The Bertz CT molecular complexity index is 1250. The molecule has 0 unspecified atom stereocenters. The summed E-state index contributed by atoms with van der Waals surface area (Å²) in [6.45, 7) is 5.16. The van der Waals surface area contributed by atoms with Crippen LogP contribution in [-0.2, 0) is 10.4 Å². The van der Waals surface area contributed by atoms with E-state index in [0.29, 0.717) is 53.8 Å². The largest absolute Gasteiger partial charge is 0.386 e. The number of carbonyl (C=O) groups is 2. The van der Waals surface area contributed by atoms with Crippen LogP contribution in [0.15, 0.2) is 30.6 Å². The summed E-state index contributed by atoms with van der Waals surface area (Å²) < 4.78 is 14.8. The Kier molecular flexibility index (Phi) is 6.60. The van der Waals surface area contributed by atoms with E-state index >= 15 is 0 Å². The van der Waals surface area contributed by atoms with E-state index in [1.165, 1.54) is 18.3 Å². The number of rotatable bonds is 5. The number of amides is 2. The van der Waals surface area contributed by atoms with Crippen molar-refractivity contribution in [1.29, 1.82) is 0 Å². The second kappa shape index (κ2) is 9.31. The Hall–Kier alpha value is -3.04. The van der Waals surface area contributed by atoms with E-state index in [2.05, 4.69) is 20.7 Å². The molecule has 8 nitrogen and oxygen atoms in total. The maximum atomic E-state index is 13.2. The number of aliphatic hydroxyl groups is 1. The van der Waals surface area contributed by atoms with Gasteiger partial charge in [0.15, 0.2) is 5.65 Å². The molecule has 2 heterocycles. The molecule has 1 aliphatic rings. The van der Waals surface area contributed by atoms with Crippen LogP contribution in [0.2, 0.25) is 5.02 Å². The third-order valence-electron chi connectivity index (χ3n) is 6.29. The first kappa shape index (κ1) is 24.1. The maximum Gasteiger partial charge on any atom is 0.256 e. The molecule has 1 aliphatic carbocycles. The monoisotopic (exact) mass is 487 g/mol. The lowest BCUT2D eigenvalue weighted by Crippen LogP contribution is -2.39. The number of nitrogens with one attached hydrogen (secondary N) is 2. The van der Waals surface area contributed by atoms with Gasteiger partial charge in [-0.05, 0) is 64.7 Å². The van der Waals surface area contributed by atoms with E-state index in [9.17, 15) is 19.1 Å². The zero-order valence-electron chi connectivity index (χ0n) is 19.2. The molecule has 0 bridgehead atoms. The van der Waals surface area contributed by atoms with Gasteiger partial charge in [-0.1, -0.05) is 11.6 Å². The highest BCUT2D eigenvalue weighted by Crippen LogP contribution is 2.29. The van der Waals surface area contributed by atoms with Gasteiger partial charge in [0, 0.05) is 29.4 Å². The number of aromatic nitrogens is 3. The molecule has 180 valence electrons. The van der Waals surface area contributed by atoms with Crippen molar-refractivity contribution in [3.63, 3.8) is 0 Å². The Balaban J connectivity index is 1.37. The number of carbonyl (C=O) groups excluding carboxylic acids is 2. The highest BCUT2D eigenvalue weighted by molar-refractivity contribution is 6.33. The highest BCUT2D eigenvalue weighted by atomic mass is 35.5. The Morgan fingerprint density at radius 3 is 2.56 bits per heavy atom. The third-order valence-corrected chi connectivity index (χ3v) is 6.61. The first-order valence-electron chi connectivity index (χ1n) is 11.2. The lowest BCUT2D eigenvalue weighted by molar-refractivity contribution is -0.120. The van der Waals surface area contributed by atoms with Crippen LogP contribution in [0.1, 0.15) is 61.1 Å². The van der Waals surface area contributed by atoms with Crippen molar-refractivity contribution >= 4 is 34.7 Å². The summed E-state index contributed by atoms with van der Waals surface area (Å²) in [7, 11) is 0. The Morgan fingerprint density at radius 1 is 1.21 bits per heavy atom. The fraction of sp³-hybridized carbons (Fsp3) is 0.417. The third kappa shape index (κ3) is 4.90. The number of fused-ring (bicyclic) bond motifs is 1. The van der Waals surface area contributed by atoms with Crippen LogP contribution < -0.4 is 10.6 Å². The second-order valence-corrected chi connectivity index (χ2v) is 9.65.